The molecule has 2 aliphatic rings. The van der Waals surface area contributed by atoms with Gasteiger partial charge >= 0.3 is 6.03 Å². The Morgan fingerprint density at radius 3 is 2.81 bits per heavy atom. The average Bonchev–Trinajstić information content (AvgIpc) is 3.47. The van der Waals surface area contributed by atoms with E-state index in [0.717, 1.165) is 50.1 Å². The maximum absolute atomic E-state index is 12.1. The van der Waals surface area contributed by atoms with Gasteiger partial charge in [-0.15, -0.1) is 0 Å². The van der Waals surface area contributed by atoms with Crippen LogP contribution in [0.15, 0.2) is 48.4 Å². The van der Waals surface area contributed by atoms with E-state index >= 15 is 0 Å². The second kappa shape index (κ2) is 7.56. The number of carbonyl (C=O) groups excluding carboxylic acids is 1. The first-order valence-electron chi connectivity index (χ1n) is 9.05. The summed E-state index contributed by atoms with van der Waals surface area (Å²) in [5, 5.41) is 3.06. The smallest absolute Gasteiger partial charge is 0.317 e. The van der Waals surface area contributed by atoms with E-state index in [2.05, 4.69) is 27.4 Å². The van der Waals surface area contributed by atoms with Crippen molar-refractivity contribution in [3.05, 3.63) is 54.0 Å². The summed E-state index contributed by atoms with van der Waals surface area (Å²) in [7, 11) is 0. The van der Waals surface area contributed by atoms with Gasteiger partial charge in [0.05, 0.1) is 6.20 Å². The molecule has 6 heteroatoms. The third kappa shape index (κ3) is 4.39. The molecule has 1 saturated carbocycles. The largest absolute Gasteiger partial charge is 0.437 e. The molecule has 1 aliphatic heterocycles. The van der Waals surface area contributed by atoms with Crippen molar-refractivity contribution in [3.8, 4) is 11.6 Å². The molecule has 0 radical (unpaired) electrons. The number of likely N-dealkylation sites (tertiary alicyclic amines) is 1. The van der Waals surface area contributed by atoms with Gasteiger partial charge in [-0.1, -0.05) is 23.8 Å². The maximum Gasteiger partial charge on any atom is 0.317 e. The molecular formula is C20H22N4O2. The molecule has 1 aromatic carbocycles. The number of ether oxygens (including phenoxy) is 1. The highest BCUT2D eigenvalue weighted by atomic mass is 16.5. The number of urea groups is 1. The van der Waals surface area contributed by atoms with E-state index in [0.29, 0.717) is 11.9 Å². The molecule has 2 aromatic rings. The fourth-order valence-corrected chi connectivity index (χ4v) is 3.00. The summed E-state index contributed by atoms with van der Waals surface area (Å²) in [5.74, 6) is 1.22. The molecule has 0 bridgehead atoms. The van der Waals surface area contributed by atoms with Crippen LogP contribution in [0.3, 0.4) is 0 Å². The van der Waals surface area contributed by atoms with E-state index in [-0.39, 0.29) is 6.03 Å². The van der Waals surface area contributed by atoms with Crippen LogP contribution >= 0.6 is 0 Å². The van der Waals surface area contributed by atoms with Crippen LogP contribution in [0.4, 0.5) is 4.79 Å². The lowest BCUT2D eigenvalue weighted by Crippen LogP contribution is -2.43. The molecule has 2 heterocycles. The lowest BCUT2D eigenvalue weighted by Gasteiger charge is -2.28. The third-order valence-electron chi connectivity index (χ3n) is 4.59. The maximum atomic E-state index is 12.1. The zero-order valence-corrected chi connectivity index (χ0v) is 14.6. The van der Waals surface area contributed by atoms with Crippen LogP contribution < -0.4 is 10.1 Å². The van der Waals surface area contributed by atoms with Crippen LogP contribution in [0, 0.1) is 0 Å². The summed E-state index contributed by atoms with van der Waals surface area (Å²) in [6.07, 6.45) is 11.1. The molecule has 26 heavy (non-hydrogen) atoms. The highest BCUT2D eigenvalue weighted by Gasteiger charge is 2.27. The molecule has 0 unspecified atom stereocenters. The van der Waals surface area contributed by atoms with Crippen molar-refractivity contribution in [2.45, 2.75) is 31.7 Å². The number of piperidine rings is 1. The van der Waals surface area contributed by atoms with E-state index in [4.69, 9.17) is 4.74 Å². The number of hydrogen-bond donors (Lipinski definition) is 1. The van der Waals surface area contributed by atoms with Crippen molar-refractivity contribution < 1.29 is 9.53 Å². The third-order valence-corrected chi connectivity index (χ3v) is 4.59. The van der Waals surface area contributed by atoms with Crippen LogP contribution in [0.5, 0.6) is 11.6 Å². The summed E-state index contributed by atoms with van der Waals surface area (Å²) < 4.78 is 5.74. The van der Waals surface area contributed by atoms with Crippen molar-refractivity contribution in [2.75, 3.05) is 13.1 Å². The Morgan fingerprint density at radius 1 is 1.23 bits per heavy atom. The number of benzene rings is 1. The second-order valence-electron chi connectivity index (χ2n) is 6.73. The molecule has 1 saturated heterocycles. The molecule has 2 fully saturated rings. The Kier molecular flexibility index (Phi) is 4.82. The summed E-state index contributed by atoms with van der Waals surface area (Å²) in [6.45, 7) is 1.56. The highest BCUT2D eigenvalue weighted by Crippen LogP contribution is 2.24. The topological polar surface area (TPSA) is 67.4 Å². The molecule has 2 amide bonds. The van der Waals surface area contributed by atoms with Crippen molar-refractivity contribution in [3.63, 3.8) is 0 Å². The summed E-state index contributed by atoms with van der Waals surface area (Å²) >= 11 is 0. The SMILES string of the molecule is O=C(NC1CC1)N1CCC(=Cc2cccc(Oc3cnccn3)c2)CC1. The Balaban J connectivity index is 1.36. The first-order valence-corrected chi connectivity index (χ1v) is 9.05. The average molecular weight is 350 g/mol. The molecule has 0 atom stereocenters. The van der Waals surface area contributed by atoms with Crippen molar-refractivity contribution >= 4 is 12.1 Å². The normalized spacial score (nSPS) is 16.9. The molecule has 1 aromatic heterocycles. The number of carbonyl (C=O) groups is 1. The van der Waals surface area contributed by atoms with E-state index in [1.165, 1.54) is 5.57 Å². The van der Waals surface area contributed by atoms with Crippen molar-refractivity contribution in [1.82, 2.24) is 20.2 Å². The predicted molar refractivity (Wildman–Crippen MR) is 98.9 cm³/mol. The van der Waals surface area contributed by atoms with Gasteiger partial charge in [0.1, 0.15) is 5.75 Å². The second-order valence-corrected chi connectivity index (χ2v) is 6.73. The first-order chi connectivity index (χ1) is 12.8. The quantitative estimate of drug-likeness (QED) is 0.914. The number of rotatable bonds is 4. The van der Waals surface area contributed by atoms with E-state index in [9.17, 15) is 4.79 Å². The van der Waals surface area contributed by atoms with Gasteiger partial charge in [0.15, 0.2) is 0 Å². The zero-order chi connectivity index (χ0) is 17.8. The van der Waals surface area contributed by atoms with Crippen LogP contribution in [0.25, 0.3) is 6.08 Å². The minimum absolute atomic E-state index is 0.0888. The lowest BCUT2D eigenvalue weighted by molar-refractivity contribution is 0.193. The molecule has 6 nitrogen and oxygen atoms in total. The minimum Gasteiger partial charge on any atom is -0.437 e. The molecule has 4 rings (SSSR count). The van der Waals surface area contributed by atoms with E-state index < -0.39 is 0 Å². The molecule has 134 valence electrons. The lowest BCUT2D eigenvalue weighted by atomic mass is 10.0. The number of hydrogen-bond acceptors (Lipinski definition) is 4. The van der Waals surface area contributed by atoms with Gasteiger partial charge in [0.25, 0.3) is 0 Å². The number of amides is 2. The Hall–Kier alpha value is -2.89. The Bertz CT molecular complexity index is 792. The van der Waals surface area contributed by atoms with Gasteiger partial charge in [-0.3, -0.25) is 4.98 Å². The zero-order valence-electron chi connectivity index (χ0n) is 14.6. The van der Waals surface area contributed by atoms with Gasteiger partial charge in [-0.25, -0.2) is 9.78 Å². The molecular weight excluding hydrogens is 328 g/mol. The fourth-order valence-electron chi connectivity index (χ4n) is 3.00. The highest BCUT2D eigenvalue weighted by molar-refractivity contribution is 5.75. The van der Waals surface area contributed by atoms with Crippen LogP contribution in [-0.2, 0) is 0 Å². The van der Waals surface area contributed by atoms with Gasteiger partial charge in [-0.05, 0) is 43.4 Å². The van der Waals surface area contributed by atoms with Crippen LogP contribution in [0.2, 0.25) is 0 Å². The minimum atomic E-state index is 0.0888. The number of nitrogens with zero attached hydrogens (tertiary/aromatic N) is 3. The predicted octanol–water partition coefficient (Wildman–Crippen LogP) is 3.62. The standard InChI is InChI=1S/C20H22N4O2/c25-20(23-17-4-5-17)24-10-6-15(7-11-24)12-16-2-1-3-18(13-16)26-19-14-21-8-9-22-19/h1-3,8-9,12-14,17H,4-7,10-11H2,(H,23,25). The number of nitrogens with one attached hydrogen (secondary N) is 1. The summed E-state index contributed by atoms with van der Waals surface area (Å²) in [4.78, 5) is 22.1. The molecule has 0 spiro atoms. The molecule has 1 N–H and O–H groups in total. The van der Waals surface area contributed by atoms with E-state index in [1.807, 2.05) is 23.1 Å². The molecule has 1 aliphatic carbocycles. The monoisotopic (exact) mass is 350 g/mol. The summed E-state index contributed by atoms with van der Waals surface area (Å²) in [6, 6.07) is 8.43. The van der Waals surface area contributed by atoms with Gasteiger partial charge in [0.2, 0.25) is 5.88 Å². The van der Waals surface area contributed by atoms with E-state index in [1.54, 1.807) is 18.6 Å². The van der Waals surface area contributed by atoms with Gasteiger partial charge in [-0.2, -0.15) is 0 Å². The van der Waals surface area contributed by atoms with Gasteiger partial charge in [0, 0.05) is 31.5 Å². The van der Waals surface area contributed by atoms with Crippen LogP contribution in [0.1, 0.15) is 31.2 Å². The Morgan fingerprint density at radius 2 is 2.08 bits per heavy atom. The van der Waals surface area contributed by atoms with Gasteiger partial charge < -0.3 is 15.0 Å². The Labute approximate surface area is 152 Å². The number of aromatic nitrogens is 2. The first kappa shape index (κ1) is 16.6. The van der Waals surface area contributed by atoms with Crippen molar-refractivity contribution in [1.29, 1.82) is 0 Å². The van der Waals surface area contributed by atoms with Crippen LogP contribution in [-0.4, -0.2) is 40.0 Å². The fraction of sp³-hybridized carbons (Fsp3) is 0.350. The van der Waals surface area contributed by atoms with Crippen molar-refractivity contribution in [2.24, 2.45) is 0 Å². The summed E-state index contributed by atoms with van der Waals surface area (Å²) in [5.41, 5.74) is 2.45.